The minimum Gasteiger partial charge on any atom is -0.374 e. The summed E-state index contributed by atoms with van der Waals surface area (Å²) < 4.78 is 19.1. The van der Waals surface area contributed by atoms with Gasteiger partial charge in [-0.2, -0.15) is 0 Å². The smallest absolute Gasteiger partial charge is 0.291 e. The first-order valence-corrected chi connectivity index (χ1v) is 31.0. The number of fused-ring (bicyclic) bond motifs is 2. The molecule has 6 aromatic rings. The highest BCUT2D eigenvalue weighted by Crippen LogP contribution is 2.32. The van der Waals surface area contributed by atoms with Crippen molar-refractivity contribution in [3.8, 4) is 0 Å². The maximum atomic E-state index is 13.4. The van der Waals surface area contributed by atoms with Gasteiger partial charge in [-0.25, -0.2) is 15.0 Å². The molecule has 32 nitrogen and oxygen atoms in total. The van der Waals surface area contributed by atoms with Crippen molar-refractivity contribution in [2.45, 2.75) is 70.1 Å². The molecule has 1 fully saturated rings. The van der Waals surface area contributed by atoms with Crippen LogP contribution in [0.3, 0.4) is 0 Å². The van der Waals surface area contributed by atoms with Crippen molar-refractivity contribution in [3.63, 3.8) is 0 Å². The zero-order chi connectivity index (χ0) is 67.5. The molecule has 9 rings (SSSR count). The molecule has 3 atom stereocenters. The molecule has 498 valence electrons. The van der Waals surface area contributed by atoms with Crippen LogP contribution in [0.2, 0.25) is 0 Å². The van der Waals surface area contributed by atoms with Gasteiger partial charge in [0.25, 0.3) is 41.4 Å². The van der Waals surface area contributed by atoms with Crippen LogP contribution in [0, 0.1) is 6.92 Å². The zero-order valence-corrected chi connectivity index (χ0v) is 54.3. The van der Waals surface area contributed by atoms with Gasteiger partial charge in [-0.15, -0.1) is 11.3 Å². The van der Waals surface area contributed by atoms with Crippen molar-refractivity contribution < 1.29 is 57.4 Å². The number of anilines is 6. The van der Waals surface area contributed by atoms with E-state index in [1.54, 1.807) is 84.5 Å². The van der Waals surface area contributed by atoms with Crippen LogP contribution in [0.5, 0.6) is 0 Å². The summed E-state index contributed by atoms with van der Waals surface area (Å²) in [5.74, 6) is -4.45. The summed E-state index contributed by atoms with van der Waals surface area (Å²) in [4.78, 5) is 153. The molecule has 1 aliphatic carbocycles. The fourth-order valence-electron chi connectivity index (χ4n) is 10.6. The number of rotatable bonds is 28. The van der Waals surface area contributed by atoms with Gasteiger partial charge in [-0.3, -0.25) is 52.9 Å². The Morgan fingerprint density at radius 1 is 0.596 bits per heavy atom. The summed E-state index contributed by atoms with van der Waals surface area (Å²) in [5.41, 5.74) is 2.79. The largest absolute Gasteiger partial charge is 0.374 e. The van der Waals surface area contributed by atoms with Crippen LogP contribution in [-0.2, 0) is 63.9 Å². The Morgan fingerprint density at radius 2 is 1.15 bits per heavy atom. The average Bonchev–Trinajstić information content (AvgIpc) is 1.54. The van der Waals surface area contributed by atoms with E-state index in [9.17, 15) is 47.9 Å². The molecule has 1 saturated heterocycles. The summed E-state index contributed by atoms with van der Waals surface area (Å²) in [6.45, 7) is 3.77. The van der Waals surface area contributed by atoms with E-state index < -0.39 is 53.6 Å². The Morgan fingerprint density at radius 3 is 1.78 bits per heavy atom. The van der Waals surface area contributed by atoms with Gasteiger partial charge in [0, 0.05) is 136 Å². The number of aromatic nitrogens is 8. The first-order valence-electron chi connectivity index (χ1n) is 30.2. The molecular weight excluding hydrogens is 1240 g/mol. The second kappa shape index (κ2) is 30.4. The lowest BCUT2D eigenvalue weighted by Crippen LogP contribution is -2.38. The lowest BCUT2D eigenvalue weighted by molar-refractivity contribution is -0.126. The number of nitrogens with one attached hydrogen (secondary N) is 9. The minimum atomic E-state index is -0.631. The van der Waals surface area contributed by atoms with Gasteiger partial charge in [0.1, 0.15) is 35.0 Å². The number of hydrogen-bond acceptors (Lipinski definition) is 18. The zero-order valence-electron chi connectivity index (χ0n) is 53.5. The molecule has 0 radical (unpaired) electrons. The highest BCUT2D eigenvalue weighted by molar-refractivity contribution is 7.16. The van der Waals surface area contributed by atoms with Gasteiger partial charge in [-0.1, -0.05) is 0 Å². The maximum Gasteiger partial charge on any atom is 0.291 e. The Balaban J connectivity index is 0.659. The summed E-state index contributed by atoms with van der Waals surface area (Å²) in [6.07, 6.45) is 14.7. The summed E-state index contributed by atoms with van der Waals surface area (Å²) in [7, 11) is 13.5. The molecule has 8 heterocycles. The van der Waals surface area contributed by atoms with Crippen LogP contribution in [0.1, 0.15) is 113 Å². The molecule has 2 unspecified atom stereocenters. The summed E-state index contributed by atoms with van der Waals surface area (Å²) in [5, 5.41) is 24.6. The fraction of sp³-hybridized carbons (Fsp3) is 0.410. The summed E-state index contributed by atoms with van der Waals surface area (Å²) in [6, 6.07) is 4.44. The molecular formula is C61H76N20O12S. The van der Waals surface area contributed by atoms with Gasteiger partial charge < -0.3 is 90.0 Å². The van der Waals surface area contributed by atoms with E-state index in [0.717, 1.165) is 37.1 Å². The van der Waals surface area contributed by atoms with E-state index >= 15 is 0 Å². The molecule has 94 heavy (non-hydrogen) atoms. The quantitative estimate of drug-likeness (QED) is 0.0319. The molecule has 33 heteroatoms. The van der Waals surface area contributed by atoms with Gasteiger partial charge in [0.05, 0.1) is 34.4 Å². The lowest BCUT2D eigenvalue weighted by Gasteiger charge is -2.28. The third-order valence-electron chi connectivity index (χ3n) is 15.3. The fourth-order valence-corrected chi connectivity index (χ4v) is 11.4. The van der Waals surface area contributed by atoms with Crippen LogP contribution in [0.25, 0.3) is 0 Å². The molecule has 10 amide bonds. The number of imidazole rings is 2. The number of ether oxygens (including phenoxy) is 2. The number of carbonyl (C=O) groups excluding carboxylic acids is 10. The van der Waals surface area contributed by atoms with Crippen LogP contribution in [-0.4, -0.2) is 192 Å². The number of thiazole rings is 1. The maximum absolute atomic E-state index is 13.4. The van der Waals surface area contributed by atoms with E-state index in [0.29, 0.717) is 58.4 Å². The number of hydrogen-bond donors (Lipinski definition) is 9. The Bertz CT molecular complexity index is 4010. The second-order valence-electron chi connectivity index (χ2n) is 22.9. The number of amides is 10. The van der Waals surface area contributed by atoms with E-state index in [2.05, 4.69) is 67.8 Å². The van der Waals surface area contributed by atoms with Crippen molar-refractivity contribution in [1.82, 2.24) is 63.5 Å². The van der Waals surface area contributed by atoms with Gasteiger partial charge in [0.2, 0.25) is 29.4 Å². The van der Waals surface area contributed by atoms with E-state index in [1.807, 2.05) is 30.1 Å². The third-order valence-corrected chi connectivity index (χ3v) is 16.2. The van der Waals surface area contributed by atoms with E-state index in [1.165, 1.54) is 49.0 Å². The second-order valence-corrected chi connectivity index (χ2v) is 24.1. The highest BCUT2D eigenvalue weighted by Gasteiger charge is 2.37. The SMILES string of the molecule is COC1C=C2C(=O)N3CCC[C@H]3C=NC2=CC1OCCCC(=O)Nc1nc(C(=O)Nc2cc(C(=O)NCCC(=O)Nc3cc(C(=O)Nc4cn(C)c(C(=O)NCCC(=O)Nc5cn(C)c(C(=O)Nc6cc(C(=O)NCCCN(C)C)n(C)c6)n5)n4)n(C)c3)n(C)c2)c(C)s1. The molecule has 2 aliphatic heterocycles. The first-order chi connectivity index (χ1) is 44.9. The third kappa shape index (κ3) is 17.0. The van der Waals surface area contributed by atoms with Crippen molar-refractivity contribution in [1.29, 1.82) is 0 Å². The van der Waals surface area contributed by atoms with Crippen molar-refractivity contribution in [2.75, 3.05) is 92.4 Å². The number of methoxy groups -OCH3 is 1. The molecule has 9 N–H and O–H groups in total. The van der Waals surface area contributed by atoms with E-state index in [-0.39, 0.29) is 108 Å². The average molecular weight is 1310 g/mol. The van der Waals surface area contributed by atoms with Crippen molar-refractivity contribution >= 4 is 110 Å². The normalized spacial score (nSPS) is 15.7. The van der Waals surface area contributed by atoms with Crippen molar-refractivity contribution in [2.24, 2.45) is 40.2 Å². The van der Waals surface area contributed by atoms with Crippen LogP contribution in [0.4, 0.5) is 33.8 Å². The monoisotopic (exact) mass is 1310 g/mol. The first kappa shape index (κ1) is 68.0. The molecule has 0 saturated carbocycles. The number of carbonyl (C=O) groups is 10. The molecule has 0 spiro atoms. The molecule has 6 aromatic heterocycles. The van der Waals surface area contributed by atoms with Crippen LogP contribution >= 0.6 is 11.3 Å². The predicted molar refractivity (Wildman–Crippen MR) is 348 cm³/mol. The standard InChI is InChI=1S/C61H76N20O12S/c1-34-51(74-61(94-34)73-48(82)14-11-22-93-45-27-40-39(26-44(45)92-9)60(91)81-21-10-13-38(81)28-65-40)57(88)67-36-24-42(76(4)30-36)55(86)63-18-15-49(83)66-35-23-43(78(6)29-35)56(87)72-47-33-79(7)52(71-47)58(89)64-19-16-50(84)69-46-32-80(8)53(70-46)59(90)68-37-25-41(77(5)31-37)54(85)62-17-12-20-75(2)3/h23-33,38,44-45H,10-22H2,1-9H3,(H,62,85)(H,63,86)(H,64,89)(H,66,83)(H,67,88)(H,68,90)(H,69,84)(H,72,87)(H,73,74,82)/t38-,44?,45?/m0/s1. The number of nitrogens with zero attached hydrogens (tertiary/aromatic N) is 11. The minimum absolute atomic E-state index is 0.00893. The van der Waals surface area contributed by atoms with Gasteiger partial charge in [-0.05, 0) is 83.6 Å². The predicted octanol–water partition coefficient (Wildman–Crippen LogP) is 2.91. The van der Waals surface area contributed by atoms with E-state index in [4.69, 9.17) is 9.47 Å². The summed E-state index contributed by atoms with van der Waals surface area (Å²) >= 11 is 1.13. The van der Waals surface area contributed by atoms with Gasteiger partial charge in [0.15, 0.2) is 16.8 Å². The Hall–Kier alpha value is -10.4. The van der Waals surface area contributed by atoms with Crippen molar-refractivity contribution in [3.05, 3.63) is 112 Å². The molecule has 0 aromatic carbocycles. The Kier molecular flexibility index (Phi) is 22.0. The number of aryl methyl sites for hydroxylation is 6. The lowest BCUT2D eigenvalue weighted by atomic mass is 9.98. The van der Waals surface area contributed by atoms with Crippen LogP contribution < -0.4 is 47.9 Å². The highest BCUT2D eigenvalue weighted by atomic mass is 32.1. The van der Waals surface area contributed by atoms with Gasteiger partial charge >= 0.3 is 0 Å². The number of aliphatic imine (C=N–C) groups is 1. The molecule has 3 aliphatic rings. The van der Waals surface area contributed by atoms with Crippen LogP contribution in [0.15, 0.2) is 77.6 Å². The Labute approximate surface area is 544 Å². The topological polar surface area (TPSA) is 380 Å². The molecule has 0 bridgehead atoms.